The molecule has 0 aliphatic heterocycles. The minimum absolute atomic E-state index is 0.00190. The Kier molecular flexibility index (Phi) is 5.86. The number of benzene rings is 1. The molecule has 0 aliphatic carbocycles. The van der Waals surface area contributed by atoms with Crippen LogP contribution in [-0.2, 0) is 11.2 Å². The minimum Gasteiger partial charge on any atom is -0.391 e. The summed E-state index contributed by atoms with van der Waals surface area (Å²) in [4.78, 5) is 11.6. The standard InChI is InChI=1S/C15H23NO2/c1-11(2)14(17)10-16-15(18)9-8-13-7-5-4-6-12(13)3/h4-7,11,14,17H,8-10H2,1-3H3,(H,16,18). The van der Waals surface area contributed by atoms with Crippen molar-refractivity contribution < 1.29 is 9.90 Å². The first-order chi connectivity index (χ1) is 8.50. The van der Waals surface area contributed by atoms with Crippen molar-refractivity contribution in [2.75, 3.05) is 6.54 Å². The van der Waals surface area contributed by atoms with Gasteiger partial charge in [0.25, 0.3) is 0 Å². The lowest BCUT2D eigenvalue weighted by Gasteiger charge is -2.15. The lowest BCUT2D eigenvalue weighted by molar-refractivity contribution is -0.121. The highest BCUT2D eigenvalue weighted by Gasteiger charge is 2.10. The van der Waals surface area contributed by atoms with Gasteiger partial charge in [0.05, 0.1) is 6.10 Å². The minimum atomic E-state index is -0.465. The quantitative estimate of drug-likeness (QED) is 0.810. The largest absolute Gasteiger partial charge is 0.391 e. The van der Waals surface area contributed by atoms with Crippen LogP contribution in [0.3, 0.4) is 0 Å². The zero-order chi connectivity index (χ0) is 13.5. The number of hydrogen-bond acceptors (Lipinski definition) is 2. The molecule has 0 bridgehead atoms. The average molecular weight is 249 g/mol. The Bertz CT molecular complexity index is 388. The summed E-state index contributed by atoms with van der Waals surface area (Å²) >= 11 is 0. The second kappa shape index (κ2) is 7.17. The van der Waals surface area contributed by atoms with E-state index in [1.165, 1.54) is 11.1 Å². The molecule has 2 N–H and O–H groups in total. The zero-order valence-electron chi connectivity index (χ0n) is 11.4. The molecule has 0 aliphatic rings. The van der Waals surface area contributed by atoms with Gasteiger partial charge in [-0.1, -0.05) is 38.1 Å². The van der Waals surface area contributed by atoms with Gasteiger partial charge >= 0.3 is 0 Å². The maximum absolute atomic E-state index is 11.6. The fourth-order valence-corrected chi connectivity index (χ4v) is 1.68. The van der Waals surface area contributed by atoms with E-state index in [1.807, 2.05) is 32.0 Å². The van der Waals surface area contributed by atoms with Crippen LogP contribution >= 0.6 is 0 Å². The molecular weight excluding hydrogens is 226 g/mol. The molecule has 0 radical (unpaired) electrons. The Labute approximate surface area is 109 Å². The molecular formula is C15H23NO2. The molecule has 1 aromatic carbocycles. The highest BCUT2D eigenvalue weighted by atomic mass is 16.3. The second-order valence-corrected chi connectivity index (χ2v) is 5.04. The monoisotopic (exact) mass is 249 g/mol. The Morgan fingerprint density at radius 3 is 2.61 bits per heavy atom. The van der Waals surface area contributed by atoms with Gasteiger partial charge in [0.2, 0.25) is 5.91 Å². The fourth-order valence-electron chi connectivity index (χ4n) is 1.68. The number of nitrogens with one attached hydrogen (secondary N) is 1. The highest BCUT2D eigenvalue weighted by molar-refractivity contribution is 5.76. The summed E-state index contributed by atoms with van der Waals surface area (Å²) in [6.45, 7) is 6.26. The average Bonchev–Trinajstić information content (AvgIpc) is 2.34. The van der Waals surface area contributed by atoms with Gasteiger partial charge in [-0.2, -0.15) is 0 Å². The third-order valence-corrected chi connectivity index (χ3v) is 3.16. The highest BCUT2D eigenvalue weighted by Crippen LogP contribution is 2.09. The van der Waals surface area contributed by atoms with Gasteiger partial charge in [-0.3, -0.25) is 4.79 Å². The molecule has 1 unspecified atom stereocenters. The van der Waals surface area contributed by atoms with E-state index in [0.29, 0.717) is 13.0 Å². The van der Waals surface area contributed by atoms with E-state index < -0.39 is 6.10 Å². The van der Waals surface area contributed by atoms with E-state index in [4.69, 9.17) is 0 Å². The normalized spacial score (nSPS) is 12.5. The van der Waals surface area contributed by atoms with Crippen molar-refractivity contribution in [2.45, 2.75) is 39.7 Å². The van der Waals surface area contributed by atoms with Crippen LogP contribution in [0, 0.1) is 12.8 Å². The van der Waals surface area contributed by atoms with Crippen LogP contribution in [0.15, 0.2) is 24.3 Å². The molecule has 0 spiro atoms. The van der Waals surface area contributed by atoms with Crippen molar-refractivity contribution in [1.82, 2.24) is 5.32 Å². The molecule has 18 heavy (non-hydrogen) atoms. The molecule has 1 amide bonds. The van der Waals surface area contributed by atoms with Gasteiger partial charge in [-0.15, -0.1) is 0 Å². The maximum Gasteiger partial charge on any atom is 0.220 e. The first-order valence-corrected chi connectivity index (χ1v) is 6.50. The van der Waals surface area contributed by atoms with Crippen molar-refractivity contribution in [3.8, 4) is 0 Å². The van der Waals surface area contributed by atoms with Crippen LogP contribution in [0.25, 0.3) is 0 Å². The number of aliphatic hydroxyl groups is 1. The molecule has 1 aromatic rings. The predicted molar refractivity (Wildman–Crippen MR) is 73.4 cm³/mol. The Morgan fingerprint density at radius 2 is 2.00 bits per heavy atom. The Morgan fingerprint density at radius 1 is 1.33 bits per heavy atom. The SMILES string of the molecule is Cc1ccccc1CCC(=O)NCC(O)C(C)C. The second-order valence-electron chi connectivity index (χ2n) is 5.04. The molecule has 0 fully saturated rings. The number of rotatable bonds is 6. The van der Waals surface area contributed by atoms with Crippen molar-refractivity contribution in [3.05, 3.63) is 35.4 Å². The number of aliphatic hydroxyl groups excluding tert-OH is 1. The third kappa shape index (κ3) is 4.88. The van der Waals surface area contributed by atoms with Gasteiger partial charge in [0, 0.05) is 13.0 Å². The smallest absolute Gasteiger partial charge is 0.220 e. The number of carbonyl (C=O) groups excluding carboxylic acids is 1. The van der Waals surface area contributed by atoms with Crippen LogP contribution in [0.2, 0.25) is 0 Å². The lowest BCUT2D eigenvalue weighted by Crippen LogP contribution is -2.34. The first kappa shape index (κ1) is 14.7. The molecule has 3 heteroatoms. The molecule has 0 aromatic heterocycles. The molecule has 3 nitrogen and oxygen atoms in total. The number of amides is 1. The third-order valence-electron chi connectivity index (χ3n) is 3.16. The van der Waals surface area contributed by atoms with Crippen LogP contribution < -0.4 is 5.32 Å². The molecule has 0 heterocycles. The Balaban J connectivity index is 2.32. The van der Waals surface area contributed by atoms with E-state index in [0.717, 1.165) is 6.42 Å². The van der Waals surface area contributed by atoms with Gasteiger partial charge in [-0.25, -0.2) is 0 Å². The summed E-state index contributed by atoms with van der Waals surface area (Å²) < 4.78 is 0. The zero-order valence-corrected chi connectivity index (χ0v) is 11.4. The Hall–Kier alpha value is -1.35. The number of hydrogen-bond donors (Lipinski definition) is 2. The number of carbonyl (C=O) groups is 1. The predicted octanol–water partition coefficient (Wildman–Crippen LogP) is 2.06. The summed E-state index contributed by atoms with van der Waals surface area (Å²) in [5, 5.41) is 12.4. The summed E-state index contributed by atoms with van der Waals surface area (Å²) in [6.07, 6.45) is 0.749. The molecule has 0 saturated heterocycles. The first-order valence-electron chi connectivity index (χ1n) is 6.50. The fraction of sp³-hybridized carbons (Fsp3) is 0.533. The summed E-state index contributed by atoms with van der Waals surface area (Å²) in [5.41, 5.74) is 2.42. The van der Waals surface area contributed by atoms with E-state index in [1.54, 1.807) is 0 Å². The van der Waals surface area contributed by atoms with Gasteiger partial charge in [0.1, 0.15) is 0 Å². The van der Waals surface area contributed by atoms with Crippen LogP contribution in [0.1, 0.15) is 31.4 Å². The molecule has 100 valence electrons. The molecule has 1 atom stereocenters. The lowest BCUT2D eigenvalue weighted by atomic mass is 10.0. The van der Waals surface area contributed by atoms with Gasteiger partial charge in [0.15, 0.2) is 0 Å². The summed E-state index contributed by atoms with van der Waals surface area (Å²) in [5.74, 6) is 0.166. The van der Waals surface area contributed by atoms with Crippen LogP contribution in [0.5, 0.6) is 0 Å². The topological polar surface area (TPSA) is 49.3 Å². The van der Waals surface area contributed by atoms with E-state index in [2.05, 4.69) is 18.3 Å². The van der Waals surface area contributed by atoms with Crippen LogP contribution in [-0.4, -0.2) is 23.7 Å². The van der Waals surface area contributed by atoms with E-state index in [-0.39, 0.29) is 11.8 Å². The van der Waals surface area contributed by atoms with E-state index >= 15 is 0 Å². The van der Waals surface area contributed by atoms with E-state index in [9.17, 15) is 9.90 Å². The maximum atomic E-state index is 11.6. The van der Waals surface area contributed by atoms with Gasteiger partial charge < -0.3 is 10.4 Å². The van der Waals surface area contributed by atoms with Crippen molar-refractivity contribution >= 4 is 5.91 Å². The molecule has 1 rings (SSSR count). The number of aryl methyl sites for hydroxylation is 2. The molecule has 0 saturated carbocycles. The summed E-state index contributed by atoms with van der Waals surface area (Å²) in [6, 6.07) is 8.09. The van der Waals surface area contributed by atoms with Crippen LogP contribution in [0.4, 0.5) is 0 Å². The van der Waals surface area contributed by atoms with Gasteiger partial charge in [-0.05, 0) is 30.4 Å². The van der Waals surface area contributed by atoms with Crippen molar-refractivity contribution in [1.29, 1.82) is 0 Å². The summed E-state index contributed by atoms with van der Waals surface area (Å²) in [7, 11) is 0. The van der Waals surface area contributed by atoms with Crippen molar-refractivity contribution in [2.24, 2.45) is 5.92 Å². The van der Waals surface area contributed by atoms with Crippen molar-refractivity contribution in [3.63, 3.8) is 0 Å².